The number of halogens is 1. The number of rotatable bonds is 8. The monoisotopic (exact) mass is 434 g/mol. The average molecular weight is 435 g/mol. The number of ether oxygens (including phenoxy) is 1. The normalized spacial score (nSPS) is 21.6. The van der Waals surface area contributed by atoms with Gasteiger partial charge in [-0.1, -0.05) is 19.1 Å². The van der Waals surface area contributed by atoms with Gasteiger partial charge in [-0.15, -0.1) is 0 Å². The first-order valence-electron chi connectivity index (χ1n) is 11.6. The summed E-state index contributed by atoms with van der Waals surface area (Å²) in [6.07, 6.45) is 0. The lowest BCUT2D eigenvalue weighted by molar-refractivity contribution is 0.0170. The molecule has 2 aliphatic rings. The summed E-state index contributed by atoms with van der Waals surface area (Å²) in [4.78, 5) is 11.9. The molecule has 2 heterocycles. The third kappa shape index (κ3) is 7.14. The number of hydrogen-bond acceptors (Lipinski definition) is 5. The van der Waals surface area contributed by atoms with Gasteiger partial charge in [0.15, 0.2) is 5.96 Å². The number of aliphatic imine (C=N–C) groups is 1. The van der Waals surface area contributed by atoms with Crippen LogP contribution < -0.4 is 10.6 Å². The fraction of sp³-hybridized carbons (Fsp3) is 0.696. The summed E-state index contributed by atoms with van der Waals surface area (Å²) in [5.74, 6) is 0.600. The molecule has 2 aliphatic heterocycles. The smallest absolute Gasteiger partial charge is 0.191 e. The molecule has 0 aromatic heterocycles. The Kier molecular flexibility index (Phi) is 9.52. The lowest BCUT2D eigenvalue weighted by Crippen LogP contribution is -2.53. The zero-order chi connectivity index (χ0) is 22.1. The molecule has 2 atom stereocenters. The summed E-state index contributed by atoms with van der Waals surface area (Å²) < 4.78 is 19.0. The van der Waals surface area contributed by atoms with E-state index in [1.165, 1.54) is 12.1 Å². The Morgan fingerprint density at radius 3 is 2.26 bits per heavy atom. The van der Waals surface area contributed by atoms with Gasteiger partial charge in [0, 0.05) is 65.4 Å². The van der Waals surface area contributed by atoms with E-state index in [1.54, 1.807) is 0 Å². The van der Waals surface area contributed by atoms with Crippen LogP contribution in [0.15, 0.2) is 29.3 Å². The van der Waals surface area contributed by atoms with Crippen molar-refractivity contribution in [3.63, 3.8) is 0 Å². The standard InChI is InChI=1S/C23H39FN6O/c1-4-28-9-11-29(12-10-28)19(2)17-26-23(25-3)27-18-22(30-13-15-31-16-14-30)20-5-7-21(24)8-6-20/h5-8,19,22H,4,9-18H2,1-3H3,(H2,25,26,27). The zero-order valence-corrected chi connectivity index (χ0v) is 19.3. The molecule has 7 nitrogen and oxygen atoms in total. The second kappa shape index (κ2) is 12.3. The van der Waals surface area contributed by atoms with E-state index in [-0.39, 0.29) is 11.9 Å². The van der Waals surface area contributed by atoms with Gasteiger partial charge in [-0.3, -0.25) is 14.8 Å². The topological polar surface area (TPSA) is 55.4 Å². The molecule has 2 fully saturated rings. The van der Waals surface area contributed by atoms with Crippen molar-refractivity contribution in [1.82, 2.24) is 25.3 Å². The number of nitrogens with one attached hydrogen (secondary N) is 2. The second-order valence-electron chi connectivity index (χ2n) is 8.37. The first-order chi connectivity index (χ1) is 15.1. The van der Waals surface area contributed by atoms with Crippen LogP contribution in [0, 0.1) is 5.82 Å². The highest BCUT2D eigenvalue weighted by Gasteiger charge is 2.24. The van der Waals surface area contributed by atoms with Gasteiger partial charge in [0.2, 0.25) is 0 Å². The fourth-order valence-electron chi connectivity index (χ4n) is 4.34. The van der Waals surface area contributed by atoms with Crippen LogP contribution in [0.3, 0.4) is 0 Å². The van der Waals surface area contributed by atoms with Crippen LogP contribution >= 0.6 is 0 Å². The highest BCUT2D eigenvalue weighted by Crippen LogP contribution is 2.21. The van der Waals surface area contributed by atoms with Crippen LogP contribution in [0.1, 0.15) is 25.5 Å². The van der Waals surface area contributed by atoms with Gasteiger partial charge in [0.05, 0.1) is 19.3 Å². The number of guanidine groups is 1. The molecule has 1 aromatic carbocycles. The molecule has 2 unspecified atom stereocenters. The van der Waals surface area contributed by atoms with Crippen molar-refractivity contribution in [3.05, 3.63) is 35.6 Å². The highest BCUT2D eigenvalue weighted by molar-refractivity contribution is 5.79. The van der Waals surface area contributed by atoms with E-state index in [0.29, 0.717) is 12.6 Å². The summed E-state index contributed by atoms with van der Waals surface area (Å²) in [5.41, 5.74) is 1.11. The van der Waals surface area contributed by atoms with E-state index in [2.05, 4.69) is 44.2 Å². The minimum atomic E-state index is -0.205. The van der Waals surface area contributed by atoms with Crippen molar-refractivity contribution in [2.45, 2.75) is 25.9 Å². The molecule has 0 radical (unpaired) electrons. The molecule has 31 heavy (non-hydrogen) atoms. The molecular weight excluding hydrogens is 395 g/mol. The molecule has 174 valence electrons. The van der Waals surface area contributed by atoms with E-state index < -0.39 is 0 Å². The van der Waals surface area contributed by atoms with E-state index in [0.717, 1.165) is 77.1 Å². The minimum absolute atomic E-state index is 0.141. The van der Waals surface area contributed by atoms with Gasteiger partial charge in [0.1, 0.15) is 5.82 Å². The molecule has 0 saturated carbocycles. The van der Waals surface area contributed by atoms with Crippen molar-refractivity contribution in [2.75, 3.05) is 79.2 Å². The zero-order valence-electron chi connectivity index (χ0n) is 19.3. The molecule has 0 aliphatic carbocycles. The Morgan fingerprint density at radius 2 is 1.65 bits per heavy atom. The molecule has 3 rings (SSSR count). The molecule has 0 spiro atoms. The van der Waals surface area contributed by atoms with Gasteiger partial charge < -0.3 is 20.3 Å². The number of piperazine rings is 1. The maximum atomic E-state index is 13.4. The average Bonchev–Trinajstić information content (AvgIpc) is 2.82. The Labute approximate surface area is 186 Å². The van der Waals surface area contributed by atoms with Crippen LogP contribution in [-0.2, 0) is 4.74 Å². The quantitative estimate of drug-likeness (QED) is 0.476. The Bertz CT molecular complexity index is 671. The SMILES string of the molecule is CCN1CCN(C(C)CNC(=NC)NCC(c2ccc(F)cc2)N2CCOCC2)CC1. The summed E-state index contributed by atoms with van der Waals surface area (Å²) >= 11 is 0. The van der Waals surface area contributed by atoms with Crippen LogP contribution in [0.5, 0.6) is 0 Å². The Balaban J connectivity index is 1.52. The van der Waals surface area contributed by atoms with Crippen molar-refractivity contribution >= 4 is 5.96 Å². The first-order valence-corrected chi connectivity index (χ1v) is 11.6. The lowest BCUT2D eigenvalue weighted by atomic mass is 10.0. The van der Waals surface area contributed by atoms with Crippen LogP contribution in [0.25, 0.3) is 0 Å². The number of morpholine rings is 1. The third-order valence-electron chi connectivity index (χ3n) is 6.47. The van der Waals surface area contributed by atoms with Crippen molar-refractivity contribution < 1.29 is 9.13 Å². The van der Waals surface area contributed by atoms with E-state index in [4.69, 9.17) is 4.74 Å². The summed E-state index contributed by atoms with van der Waals surface area (Å²) in [7, 11) is 1.81. The molecule has 1 aromatic rings. The largest absolute Gasteiger partial charge is 0.379 e. The molecule has 0 bridgehead atoms. The number of benzene rings is 1. The lowest BCUT2D eigenvalue weighted by Gasteiger charge is -2.38. The molecular formula is C23H39FN6O. The maximum absolute atomic E-state index is 13.4. The van der Waals surface area contributed by atoms with E-state index in [1.807, 2.05) is 19.2 Å². The number of likely N-dealkylation sites (N-methyl/N-ethyl adjacent to an activating group) is 1. The van der Waals surface area contributed by atoms with Crippen molar-refractivity contribution in [3.8, 4) is 0 Å². The highest BCUT2D eigenvalue weighted by atomic mass is 19.1. The maximum Gasteiger partial charge on any atom is 0.191 e. The number of nitrogens with zero attached hydrogens (tertiary/aromatic N) is 4. The minimum Gasteiger partial charge on any atom is -0.379 e. The van der Waals surface area contributed by atoms with E-state index in [9.17, 15) is 4.39 Å². The van der Waals surface area contributed by atoms with Crippen LogP contribution in [0.4, 0.5) is 4.39 Å². The van der Waals surface area contributed by atoms with Gasteiger partial charge in [-0.25, -0.2) is 4.39 Å². The van der Waals surface area contributed by atoms with Crippen molar-refractivity contribution in [2.24, 2.45) is 4.99 Å². The van der Waals surface area contributed by atoms with Crippen LogP contribution in [-0.4, -0.2) is 106 Å². The Morgan fingerprint density at radius 1 is 1.00 bits per heavy atom. The van der Waals surface area contributed by atoms with Crippen molar-refractivity contribution in [1.29, 1.82) is 0 Å². The first kappa shape index (κ1) is 23.9. The third-order valence-corrected chi connectivity index (χ3v) is 6.47. The molecule has 8 heteroatoms. The van der Waals surface area contributed by atoms with Gasteiger partial charge >= 0.3 is 0 Å². The summed E-state index contributed by atoms with van der Waals surface area (Å²) in [6.45, 7) is 14.9. The molecule has 0 amide bonds. The Hall–Kier alpha value is -1.74. The predicted molar refractivity (Wildman–Crippen MR) is 124 cm³/mol. The van der Waals surface area contributed by atoms with E-state index >= 15 is 0 Å². The molecule has 2 saturated heterocycles. The predicted octanol–water partition coefficient (Wildman–Crippen LogP) is 1.39. The summed E-state index contributed by atoms with van der Waals surface area (Å²) in [5, 5.41) is 6.98. The summed E-state index contributed by atoms with van der Waals surface area (Å²) in [6, 6.07) is 7.43. The fourth-order valence-corrected chi connectivity index (χ4v) is 4.34. The molecule has 2 N–H and O–H groups in total. The number of hydrogen-bond donors (Lipinski definition) is 2. The second-order valence-corrected chi connectivity index (χ2v) is 8.37. The van der Waals surface area contributed by atoms with Gasteiger partial charge in [-0.05, 0) is 31.2 Å². The van der Waals surface area contributed by atoms with Gasteiger partial charge in [-0.2, -0.15) is 0 Å². The van der Waals surface area contributed by atoms with Crippen LogP contribution in [0.2, 0.25) is 0 Å². The van der Waals surface area contributed by atoms with Gasteiger partial charge in [0.25, 0.3) is 0 Å².